The Labute approximate surface area is 130 Å². The Morgan fingerprint density at radius 2 is 1.75 bits per heavy atom. The van der Waals surface area contributed by atoms with Crippen molar-refractivity contribution in [3.63, 3.8) is 0 Å². The molecular weight excluding hydrogens is 293 g/mol. The summed E-state index contributed by atoms with van der Waals surface area (Å²) in [5, 5.41) is 4.47. The number of aromatic nitrogens is 1. The number of rotatable bonds is 7. The van der Waals surface area contributed by atoms with E-state index in [-0.39, 0.29) is 0 Å². The summed E-state index contributed by atoms with van der Waals surface area (Å²) in [5.74, 6) is 3.28. The zero-order chi connectivity index (χ0) is 14.1. The lowest BCUT2D eigenvalue weighted by atomic mass is 10.3. The molecule has 0 atom stereocenters. The molecule has 0 bridgehead atoms. The zero-order valence-electron chi connectivity index (χ0n) is 11.8. The van der Waals surface area contributed by atoms with Crippen LogP contribution in [0.25, 0.3) is 0 Å². The molecule has 2 aliphatic rings. The van der Waals surface area contributed by atoms with Crippen LogP contribution in [0.2, 0.25) is 10.0 Å². The Bertz CT molecular complexity index is 470. The predicted molar refractivity (Wildman–Crippen MR) is 86.1 cm³/mol. The zero-order valence-corrected chi connectivity index (χ0v) is 13.3. The summed E-state index contributed by atoms with van der Waals surface area (Å²) >= 11 is 12.6. The number of pyridine rings is 1. The van der Waals surface area contributed by atoms with E-state index in [9.17, 15) is 0 Å². The van der Waals surface area contributed by atoms with Gasteiger partial charge < -0.3 is 10.2 Å². The molecule has 20 heavy (non-hydrogen) atoms. The van der Waals surface area contributed by atoms with Gasteiger partial charge in [0.2, 0.25) is 0 Å². The van der Waals surface area contributed by atoms with Crippen molar-refractivity contribution in [1.29, 1.82) is 0 Å². The monoisotopic (exact) mass is 313 g/mol. The highest BCUT2D eigenvalue weighted by molar-refractivity contribution is 6.37. The standard InChI is InChI=1S/C15H21Cl2N3/c1-2-18-14-12(16)7-13(17)15(19-14)20(8-10-3-4-10)9-11-5-6-11/h7,10-11H,2-6,8-9H2,1H3,(H,18,19). The van der Waals surface area contributed by atoms with Crippen LogP contribution in [0.5, 0.6) is 0 Å². The number of nitrogens with one attached hydrogen (secondary N) is 1. The molecule has 2 aliphatic carbocycles. The van der Waals surface area contributed by atoms with Crippen molar-refractivity contribution in [3.05, 3.63) is 16.1 Å². The summed E-state index contributed by atoms with van der Waals surface area (Å²) in [6.45, 7) is 5.00. The van der Waals surface area contributed by atoms with Gasteiger partial charge in [0.1, 0.15) is 11.6 Å². The van der Waals surface area contributed by atoms with E-state index in [0.29, 0.717) is 10.0 Å². The van der Waals surface area contributed by atoms with Gasteiger partial charge in [0.25, 0.3) is 0 Å². The minimum Gasteiger partial charge on any atom is -0.369 e. The third-order valence-corrected chi connectivity index (χ3v) is 4.47. The van der Waals surface area contributed by atoms with Crippen molar-refractivity contribution in [2.45, 2.75) is 32.6 Å². The van der Waals surface area contributed by atoms with Crippen LogP contribution in [-0.2, 0) is 0 Å². The Kier molecular flexibility index (Phi) is 4.27. The molecule has 110 valence electrons. The summed E-state index contributed by atoms with van der Waals surface area (Å²) < 4.78 is 0. The maximum Gasteiger partial charge on any atom is 0.149 e. The maximum atomic E-state index is 6.39. The van der Waals surface area contributed by atoms with Gasteiger partial charge >= 0.3 is 0 Å². The van der Waals surface area contributed by atoms with E-state index in [1.807, 2.05) is 13.0 Å². The molecule has 0 saturated heterocycles. The number of halogens is 2. The highest BCUT2D eigenvalue weighted by Gasteiger charge is 2.31. The van der Waals surface area contributed by atoms with Crippen LogP contribution in [0.15, 0.2) is 6.07 Å². The largest absolute Gasteiger partial charge is 0.369 e. The van der Waals surface area contributed by atoms with Gasteiger partial charge in [0.15, 0.2) is 0 Å². The third kappa shape index (κ3) is 3.50. The fraction of sp³-hybridized carbons (Fsp3) is 0.667. The van der Waals surface area contributed by atoms with Crippen molar-refractivity contribution in [3.8, 4) is 0 Å². The summed E-state index contributed by atoms with van der Waals surface area (Å²) in [6.07, 6.45) is 5.36. The average molecular weight is 314 g/mol. The Morgan fingerprint density at radius 3 is 2.25 bits per heavy atom. The molecule has 0 aromatic carbocycles. The second-order valence-corrected chi connectivity index (χ2v) is 6.76. The van der Waals surface area contributed by atoms with Crippen LogP contribution in [-0.4, -0.2) is 24.6 Å². The fourth-order valence-corrected chi connectivity index (χ4v) is 2.99. The molecule has 5 heteroatoms. The van der Waals surface area contributed by atoms with Gasteiger partial charge in [0.05, 0.1) is 10.0 Å². The Morgan fingerprint density at radius 1 is 1.15 bits per heavy atom. The van der Waals surface area contributed by atoms with Crippen LogP contribution in [0, 0.1) is 11.8 Å². The first kappa shape index (κ1) is 14.3. The van der Waals surface area contributed by atoms with Gasteiger partial charge in [-0.3, -0.25) is 0 Å². The molecule has 2 fully saturated rings. The van der Waals surface area contributed by atoms with Crippen LogP contribution >= 0.6 is 23.2 Å². The van der Waals surface area contributed by atoms with Gasteiger partial charge in [-0.25, -0.2) is 4.98 Å². The van der Waals surface area contributed by atoms with E-state index in [4.69, 9.17) is 23.2 Å². The van der Waals surface area contributed by atoms with Gasteiger partial charge in [-0.1, -0.05) is 23.2 Å². The summed E-state index contributed by atoms with van der Waals surface area (Å²) in [5.41, 5.74) is 0. The number of hydrogen-bond acceptors (Lipinski definition) is 3. The normalized spacial score (nSPS) is 18.1. The van der Waals surface area contributed by atoms with Gasteiger partial charge in [-0.05, 0) is 50.5 Å². The number of nitrogens with zero attached hydrogens (tertiary/aromatic N) is 2. The van der Waals surface area contributed by atoms with E-state index in [1.54, 1.807) is 0 Å². The van der Waals surface area contributed by atoms with Crippen LogP contribution in [0.3, 0.4) is 0 Å². The summed E-state index contributed by atoms with van der Waals surface area (Å²) in [4.78, 5) is 7.04. The van der Waals surface area contributed by atoms with Gasteiger partial charge in [-0.2, -0.15) is 0 Å². The van der Waals surface area contributed by atoms with E-state index < -0.39 is 0 Å². The molecule has 2 saturated carbocycles. The Balaban J connectivity index is 1.84. The lowest BCUT2D eigenvalue weighted by Crippen LogP contribution is -2.29. The lowest BCUT2D eigenvalue weighted by molar-refractivity contribution is 0.672. The van der Waals surface area contributed by atoms with E-state index in [2.05, 4.69) is 15.2 Å². The fourth-order valence-electron chi connectivity index (χ4n) is 2.44. The quantitative estimate of drug-likeness (QED) is 0.806. The molecule has 0 radical (unpaired) electrons. The first-order valence-electron chi connectivity index (χ1n) is 7.52. The minimum atomic E-state index is 0.596. The van der Waals surface area contributed by atoms with Crippen LogP contribution in [0.1, 0.15) is 32.6 Å². The molecule has 3 rings (SSSR count). The molecule has 1 N–H and O–H groups in total. The van der Waals surface area contributed by atoms with Crippen molar-refractivity contribution in [2.75, 3.05) is 29.9 Å². The second kappa shape index (κ2) is 5.98. The maximum absolute atomic E-state index is 6.39. The SMILES string of the molecule is CCNc1nc(N(CC2CC2)CC2CC2)c(Cl)cc1Cl. The smallest absolute Gasteiger partial charge is 0.149 e. The summed E-state index contributed by atoms with van der Waals surface area (Å²) in [7, 11) is 0. The van der Waals surface area contributed by atoms with Gasteiger partial charge in [-0.15, -0.1) is 0 Å². The predicted octanol–water partition coefficient (Wildman–Crippen LogP) is 4.45. The average Bonchev–Trinajstić information content (AvgIpc) is 3.27. The molecule has 0 unspecified atom stereocenters. The topological polar surface area (TPSA) is 28.2 Å². The second-order valence-electron chi connectivity index (χ2n) is 5.95. The lowest BCUT2D eigenvalue weighted by Gasteiger charge is -2.25. The molecule has 1 aromatic heterocycles. The first-order chi connectivity index (χ1) is 9.67. The molecule has 3 nitrogen and oxygen atoms in total. The molecule has 1 heterocycles. The van der Waals surface area contributed by atoms with E-state index in [0.717, 1.165) is 43.1 Å². The Hall–Kier alpha value is -0.670. The van der Waals surface area contributed by atoms with Crippen molar-refractivity contribution in [1.82, 2.24) is 4.98 Å². The van der Waals surface area contributed by atoms with E-state index in [1.165, 1.54) is 25.7 Å². The van der Waals surface area contributed by atoms with Gasteiger partial charge in [0, 0.05) is 19.6 Å². The third-order valence-electron chi connectivity index (χ3n) is 3.91. The highest BCUT2D eigenvalue weighted by atomic mass is 35.5. The number of hydrogen-bond donors (Lipinski definition) is 1. The molecule has 0 aliphatic heterocycles. The van der Waals surface area contributed by atoms with Crippen molar-refractivity contribution < 1.29 is 0 Å². The molecule has 0 amide bonds. The van der Waals surface area contributed by atoms with Crippen molar-refractivity contribution >= 4 is 34.8 Å². The summed E-state index contributed by atoms with van der Waals surface area (Å²) in [6, 6.07) is 1.82. The van der Waals surface area contributed by atoms with Crippen LogP contribution in [0.4, 0.5) is 11.6 Å². The number of anilines is 2. The first-order valence-corrected chi connectivity index (χ1v) is 8.27. The molecule has 1 aromatic rings. The molecule has 0 spiro atoms. The molecular formula is C15H21Cl2N3. The van der Waals surface area contributed by atoms with Crippen LogP contribution < -0.4 is 10.2 Å². The minimum absolute atomic E-state index is 0.596. The van der Waals surface area contributed by atoms with E-state index >= 15 is 0 Å². The highest BCUT2D eigenvalue weighted by Crippen LogP contribution is 2.38. The van der Waals surface area contributed by atoms with Crippen molar-refractivity contribution in [2.24, 2.45) is 11.8 Å².